The topological polar surface area (TPSA) is 126 Å². The molecule has 3 aromatic rings. The number of aromatic hydroxyl groups is 3. The van der Waals surface area contributed by atoms with Crippen LogP contribution in [-0.2, 0) is 12.8 Å². The van der Waals surface area contributed by atoms with Gasteiger partial charge in [-0.2, -0.15) is 0 Å². The maximum Gasteiger partial charge on any atom is 0.238 e. The molecule has 0 spiro atoms. The van der Waals surface area contributed by atoms with Crippen molar-refractivity contribution in [2.45, 2.75) is 38.6 Å². The Bertz CT molecular complexity index is 1090. The highest BCUT2D eigenvalue weighted by Crippen LogP contribution is 2.37. The van der Waals surface area contributed by atoms with E-state index in [1.807, 2.05) is 13.8 Å². The average Bonchev–Trinajstić information content (AvgIpc) is 2.64. The molecule has 1 aromatic heterocycles. The summed E-state index contributed by atoms with van der Waals surface area (Å²) in [4.78, 5) is 12.7. The third kappa shape index (κ3) is 4.30. The number of fused-ring (bicyclic) bond motifs is 1. The molecule has 0 saturated heterocycles. The van der Waals surface area contributed by atoms with Crippen LogP contribution in [0.2, 0.25) is 0 Å². The van der Waals surface area contributed by atoms with Crippen LogP contribution in [0, 0.1) is 0 Å². The van der Waals surface area contributed by atoms with E-state index in [4.69, 9.17) is 14.9 Å². The van der Waals surface area contributed by atoms with Crippen molar-refractivity contribution < 1.29 is 24.5 Å². The second-order valence-corrected chi connectivity index (χ2v) is 7.81. The fourth-order valence-electron chi connectivity index (χ4n) is 3.16. The second kappa shape index (κ2) is 7.67. The molecule has 3 rings (SSSR count). The van der Waals surface area contributed by atoms with Gasteiger partial charge in [0.25, 0.3) is 0 Å². The van der Waals surface area contributed by atoms with Crippen LogP contribution in [0.5, 0.6) is 23.0 Å². The van der Waals surface area contributed by atoms with Crippen molar-refractivity contribution in [3.8, 4) is 23.0 Å². The molecule has 0 aliphatic carbocycles. The number of benzene rings is 2. The predicted molar refractivity (Wildman–Crippen MR) is 110 cm³/mol. The highest BCUT2D eigenvalue weighted by molar-refractivity contribution is 5.89. The summed E-state index contributed by atoms with van der Waals surface area (Å²) in [5.41, 5.74) is 6.00. The van der Waals surface area contributed by atoms with Crippen LogP contribution in [0.15, 0.2) is 39.5 Å². The minimum absolute atomic E-state index is 0.0472. The lowest BCUT2D eigenvalue weighted by Gasteiger charge is -2.19. The van der Waals surface area contributed by atoms with Crippen LogP contribution in [0.1, 0.15) is 37.2 Å². The van der Waals surface area contributed by atoms with Gasteiger partial charge in [0.1, 0.15) is 28.2 Å². The number of nitrogens with two attached hydrogens (primary N) is 1. The Balaban J connectivity index is 2.14. The zero-order valence-corrected chi connectivity index (χ0v) is 16.7. The first-order chi connectivity index (χ1) is 13.6. The number of phenols is 2. The second-order valence-electron chi connectivity index (χ2n) is 7.81. The Morgan fingerprint density at radius 2 is 1.76 bits per heavy atom. The van der Waals surface area contributed by atoms with Crippen LogP contribution in [0.3, 0.4) is 0 Å². The van der Waals surface area contributed by atoms with Gasteiger partial charge in [-0.15, -0.1) is 0 Å². The number of ether oxygens (including phenoxy) is 1. The van der Waals surface area contributed by atoms with Gasteiger partial charge in [0.15, 0.2) is 5.76 Å². The molecule has 0 bridgehead atoms. The summed E-state index contributed by atoms with van der Waals surface area (Å²) >= 11 is 0. The lowest BCUT2D eigenvalue weighted by molar-refractivity contribution is 0.409. The normalized spacial score (nSPS) is 11.7. The Labute approximate surface area is 168 Å². The fraction of sp³-hybridized carbons (Fsp3) is 0.318. The van der Waals surface area contributed by atoms with E-state index in [1.165, 1.54) is 0 Å². The number of hydrogen-bond donors (Lipinski definition) is 4. The first-order valence-corrected chi connectivity index (χ1v) is 9.25. The minimum atomic E-state index is -0.750. The molecule has 0 fully saturated rings. The highest BCUT2D eigenvalue weighted by Gasteiger charge is 2.23. The first kappa shape index (κ1) is 20.5. The zero-order valence-electron chi connectivity index (χ0n) is 16.7. The Morgan fingerprint density at radius 3 is 2.34 bits per heavy atom. The molecular weight excluding hydrogens is 374 g/mol. The van der Waals surface area contributed by atoms with Crippen molar-refractivity contribution in [3.05, 3.63) is 57.4 Å². The summed E-state index contributed by atoms with van der Waals surface area (Å²) in [5.74, 6) is -0.485. The van der Waals surface area contributed by atoms with Crippen LogP contribution in [0.25, 0.3) is 11.0 Å². The third-order valence-electron chi connectivity index (χ3n) is 4.81. The Hall–Kier alpha value is -3.19. The number of methoxy groups -OCH3 is 1. The van der Waals surface area contributed by atoms with Gasteiger partial charge in [0.2, 0.25) is 11.2 Å². The van der Waals surface area contributed by atoms with Crippen LogP contribution >= 0.6 is 0 Å². The van der Waals surface area contributed by atoms with Crippen LogP contribution < -0.4 is 15.9 Å². The molecule has 0 atom stereocenters. The lowest BCUT2D eigenvalue weighted by Crippen LogP contribution is -2.32. The van der Waals surface area contributed by atoms with Gasteiger partial charge in [-0.1, -0.05) is 12.1 Å². The monoisotopic (exact) mass is 399 g/mol. The molecule has 0 saturated carbocycles. The van der Waals surface area contributed by atoms with E-state index in [0.29, 0.717) is 24.2 Å². The smallest absolute Gasteiger partial charge is 0.238 e. The summed E-state index contributed by atoms with van der Waals surface area (Å²) in [6, 6.07) is 8.19. The number of rotatable bonds is 6. The van der Waals surface area contributed by atoms with Crippen molar-refractivity contribution in [1.29, 1.82) is 0 Å². The molecule has 1 heterocycles. The molecule has 7 nitrogen and oxygen atoms in total. The summed E-state index contributed by atoms with van der Waals surface area (Å²) in [7, 11) is 1.56. The number of aryl methyl sites for hydroxylation is 1. The molecule has 0 unspecified atom stereocenters. The van der Waals surface area contributed by atoms with Crippen molar-refractivity contribution in [2.24, 2.45) is 5.73 Å². The molecule has 0 aliphatic heterocycles. The van der Waals surface area contributed by atoms with Gasteiger partial charge in [-0.3, -0.25) is 4.79 Å². The number of hydrogen-bond acceptors (Lipinski definition) is 7. The van der Waals surface area contributed by atoms with Gasteiger partial charge in [-0.05, 0) is 44.4 Å². The Kier molecular flexibility index (Phi) is 5.44. The molecule has 2 aromatic carbocycles. The molecule has 0 aliphatic rings. The first-order valence-electron chi connectivity index (χ1n) is 9.25. The van der Waals surface area contributed by atoms with Crippen molar-refractivity contribution in [3.63, 3.8) is 0 Å². The maximum absolute atomic E-state index is 12.7. The molecule has 7 heteroatoms. The van der Waals surface area contributed by atoms with Crippen molar-refractivity contribution in [2.75, 3.05) is 7.11 Å². The molecule has 154 valence electrons. The van der Waals surface area contributed by atoms with E-state index in [-0.39, 0.29) is 28.9 Å². The van der Waals surface area contributed by atoms with Gasteiger partial charge in [-0.25, -0.2) is 0 Å². The third-order valence-corrected chi connectivity index (χ3v) is 4.81. The summed E-state index contributed by atoms with van der Waals surface area (Å²) < 4.78 is 11.0. The minimum Gasteiger partial charge on any atom is -0.507 e. The van der Waals surface area contributed by atoms with Gasteiger partial charge in [0.05, 0.1) is 7.11 Å². The average molecular weight is 399 g/mol. The quantitative estimate of drug-likeness (QED) is 0.501. The summed E-state index contributed by atoms with van der Waals surface area (Å²) in [6.07, 6.45) is 1.000. The highest BCUT2D eigenvalue weighted by atomic mass is 16.5. The number of phenolic OH excluding ortho intramolecular Hbond substituents is 2. The molecule has 5 N–H and O–H groups in total. The van der Waals surface area contributed by atoms with Gasteiger partial charge < -0.3 is 30.2 Å². The van der Waals surface area contributed by atoms with E-state index in [9.17, 15) is 20.1 Å². The van der Waals surface area contributed by atoms with Crippen molar-refractivity contribution in [1.82, 2.24) is 0 Å². The fourth-order valence-corrected chi connectivity index (χ4v) is 3.16. The van der Waals surface area contributed by atoms with E-state index < -0.39 is 22.5 Å². The molecule has 0 radical (unpaired) electrons. The van der Waals surface area contributed by atoms with E-state index in [0.717, 1.165) is 11.6 Å². The van der Waals surface area contributed by atoms with Crippen LogP contribution in [-0.4, -0.2) is 28.0 Å². The standard InChI is InChI=1S/C22H25NO6/c1-22(2,23)9-8-14-15(24)11-16(25)18-20(27)19(26)17(29-21(14)18)10-12-4-6-13(28-3)7-5-12/h4-7,11,24-26H,8-10,23H2,1-3H3. The predicted octanol–water partition coefficient (Wildman–Crippen LogP) is 3.18. The summed E-state index contributed by atoms with van der Waals surface area (Å²) in [5, 5.41) is 30.7. The largest absolute Gasteiger partial charge is 0.507 e. The van der Waals surface area contributed by atoms with E-state index in [2.05, 4.69) is 0 Å². The van der Waals surface area contributed by atoms with E-state index >= 15 is 0 Å². The molecular formula is C22H25NO6. The SMILES string of the molecule is COc1ccc(Cc2oc3c(CCC(C)(C)N)c(O)cc(O)c3c(=O)c2O)cc1. The lowest BCUT2D eigenvalue weighted by atomic mass is 9.94. The summed E-state index contributed by atoms with van der Waals surface area (Å²) in [6.45, 7) is 3.70. The van der Waals surface area contributed by atoms with Gasteiger partial charge in [0, 0.05) is 23.6 Å². The molecule has 29 heavy (non-hydrogen) atoms. The van der Waals surface area contributed by atoms with Gasteiger partial charge >= 0.3 is 0 Å². The Morgan fingerprint density at radius 1 is 1.10 bits per heavy atom. The van der Waals surface area contributed by atoms with Crippen molar-refractivity contribution >= 4 is 11.0 Å². The zero-order chi connectivity index (χ0) is 21.3. The maximum atomic E-state index is 12.7. The van der Waals surface area contributed by atoms with Crippen LogP contribution in [0.4, 0.5) is 0 Å². The molecule has 0 amide bonds. The van der Waals surface area contributed by atoms with E-state index in [1.54, 1.807) is 31.4 Å².